The predicted molar refractivity (Wildman–Crippen MR) is 69.3 cm³/mol. The number of hydrogen-bond acceptors (Lipinski definition) is 3. The van der Waals surface area contributed by atoms with Crippen molar-refractivity contribution in [2.45, 2.75) is 46.0 Å². The van der Waals surface area contributed by atoms with Crippen LogP contribution in [0.15, 0.2) is 5.16 Å². The molecule has 0 radical (unpaired) electrons. The van der Waals surface area contributed by atoms with Gasteiger partial charge in [-0.15, -0.1) is 0 Å². The molecule has 2 rings (SSSR count). The van der Waals surface area contributed by atoms with Crippen molar-refractivity contribution < 1.29 is 10.0 Å². The van der Waals surface area contributed by atoms with Crippen LogP contribution in [-0.4, -0.2) is 34.9 Å². The Morgan fingerprint density at radius 1 is 1.22 bits per heavy atom. The first-order valence-corrected chi connectivity index (χ1v) is 6.69. The van der Waals surface area contributed by atoms with E-state index in [4.69, 9.17) is 10.9 Å². The zero-order valence-corrected chi connectivity index (χ0v) is 11.3. The van der Waals surface area contributed by atoms with Gasteiger partial charge in [0, 0.05) is 13.1 Å². The molecule has 1 heterocycles. The van der Waals surface area contributed by atoms with Crippen molar-refractivity contribution in [1.29, 1.82) is 0 Å². The van der Waals surface area contributed by atoms with Gasteiger partial charge in [-0.1, -0.05) is 19.0 Å². The van der Waals surface area contributed by atoms with Gasteiger partial charge in [-0.05, 0) is 37.5 Å². The highest BCUT2D eigenvalue weighted by Crippen LogP contribution is 2.48. The molecule has 0 bridgehead atoms. The van der Waals surface area contributed by atoms with Gasteiger partial charge in [0.1, 0.15) is 5.41 Å². The van der Waals surface area contributed by atoms with Crippen molar-refractivity contribution in [3.05, 3.63) is 0 Å². The topological polar surface area (TPSA) is 78.9 Å². The fourth-order valence-electron chi connectivity index (χ4n) is 2.73. The molecule has 0 spiro atoms. The minimum atomic E-state index is -0.691. The van der Waals surface area contributed by atoms with Crippen molar-refractivity contribution in [3.8, 4) is 0 Å². The lowest BCUT2D eigenvalue weighted by molar-refractivity contribution is -0.134. The van der Waals surface area contributed by atoms with Crippen LogP contribution in [0.5, 0.6) is 0 Å². The number of likely N-dealkylation sites (tertiary alicyclic amines) is 1. The summed E-state index contributed by atoms with van der Waals surface area (Å²) in [5.74, 6) is 0.131. The molecule has 0 aromatic rings. The highest BCUT2D eigenvalue weighted by atomic mass is 16.4. The molecule has 0 atom stereocenters. The molecule has 0 unspecified atom stereocenters. The van der Waals surface area contributed by atoms with Crippen LogP contribution < -0.4 is 5.73 Å². The fourth-order valence-corrected chi connectivity index (χ4v) is 2.73. The van der Waals surface area contributed by atoms with Crippen LogP contribution in [0.1, 0.15) is 46.0 Å². The summed E-state index contributed by atoms with van der Waals surface area (Å²) in [5, 5.41) is 11.8. The predicted octanol–water partition coefficient (Wildman–Crippen LogP) is 1.55. The number of nitrogens with two attached hydrogens (primary N) is 1. The van der Waals surface area contributed by atoms with Crippen LogP contribution in [0, 0.1) is 10.8 Å². The first-order valence-electron chi connectivity index (χ1n) is 6.69. The third-order valence-electron chi connectivity index (χ3n) is 4.38. The van der Waals surface area contributed by atoms with E-state index in [0.717, 1.165) is 32.4 Å². The number of rotatable bonds is 2. The second kappa shape index (κ2) is 4.44. The van der Waals surface area contributed by atoms with Gasteiger partial charge < -0.3 is 15.8 Å². The Labute approximate surface area is 108 Å². The van der Waals surface area contributed by atoms with E-state index in [1.54, 1.807) is 0 Å². The molecule has 5 nitrogen and oxygen atoms in total. The maximum absolute atomic E-state index is 12.5. The second-order valence-electron chi connectivity index (χ2n) is 6.38. The van der Waals surface area contributed by atoms with E-state index in [0.29, 0.717) is 18.3 Å². The molecule has 102 valence electrons. The molecule has 5 heteroatoms. The van der Waals surface area contributed by atoms with Gasteiger partial charge in [-0.3, -0.25) is 4.79 Å². The summed E-state index contributed by atoms with van der Waals surface area (Å²) in [6, 6.07) is 0. The standard InChI is InChI=1S/C13H23N3O2/c1-12(2)4-3-8-16(9-7-12)11(17)13(5-6-13)10(14)15-18/h18H,3-9H2,1-2H3,(H2,14,15). The zero-order chi connectivity index (χ0) is 13.4. The number of oxime groups is 1. The van der Waals surface area contributed by atoms with E-state index < -0.39 is 5.41 Å². The van der Waals surface area contributed by atoms with Crippen molar-refractivity contribution in [2.24, 2.45) is 21.7 Å². The van der Waals surface area contributed by atoms with Gasteiger partial charge in [0.15, 0.2) is 5.84 Å². The van der Waals surface area contributed by atoms with Crippen molar-refractivity contribution >= 4 is 11.7 Å². The first kappa shape index (κ1) is 13.2. The van der Waals surface area contributed by atoms with Crippen LogP contribution in [-0.2, 0) is 4.79 Å². The van der Waals surface area contributed by atoms with Crippen molar-refractivity contribution in [3.63, 3.8) is 0 Å². The summed E-state index contributed by atoms with van der Waals surface area (Å²) in [4.78, 5) is 14.4. The quantitative estimate of drug-likeness (QED) is 0.339. The maximum atomic E-state index is 12.5. The van der Waals surface area contributed by atoms with E-state index in [9.17, 15) is 4.79 Å². The number of amides is 1. The van der Waals surface area contributed by atoms with Crippen LogP contribution in [0.4, 0.5) is 0 Å². The van der Waals surface area contributed by atoms with E-state index >= 15 is 0 Å². The largest absolute Gasteiger partial charge is 0.409 e. The van der Waals surface area contributed by atoms with E-state index in [-0.39, 0.29) is 11.7 Å². The Balaban J connectivity index is 2.06. The molecule has 0 aromatic carbocycles. The Kier molecular flexibility index (Phi) is 3.25. The average Bonchev–Trinajstić information content (AvgIpc) is 3.12. The monoisotopic (exact) mass is 253 g/mol. The van der Waals surface area contributed by atoms with Crippen molar-refractivity contribution in [2.75, 3.05) is 13.1 Å². The van der Waals surface area contributed by atoms with Crippen LogP contribution >= 0.6 is 0 Å². The summed E-state index contributed by atoms with van der Waals surface area (Å²) in [5.41, 5.74) is 5.28. The van der Waals surface area contributed by atoms with E-state index in [1.165, 1.54) is 0 Å². The smallest absolute Gasteiger partial charge is 0.236 e. The summed E-state index contributed by atoms with van der Waals surface area (Å²) in [6.45, 7) is 6.07. The number of amidine groups is 1. The van der Waals surface area contributed by atoms with Crippen LogP contribution in [0.3, 0.4) is 0 Å². The fraction of sp³-hybridized carbons (Fsp3) is 0.846. The highest BCUT2D eigenvalue weighted by molar-refractivity contribution is 6.09. The molecule has 1 aliphatic heterocycles. The van der Waals surface area contributed by atoms with Crippen LogP contribution in [0.2, 0.25) is 0 Å². The number of hydrogen-bond donors (Lipinski definition) is 2. The molecule has 18 heavy (non-hydrogen) atoms. The summed E-state index contributed by atoms with van der Waals surface area (Å²) in [6.07, 6.45) is 4.62. The van der Waals surface area contributed by atoms with Gasteiger partial charge >= 0.3 is 0 Å². The lowest BCUT2D eigenvalue weighted by Crippen LogP contribution is -2.44. The van der Waals surface area contributed by atoms with E-state index in [1.807, 2.05) is 4.90 Å². The molecule has 1 saturated carbocycles. The summed E-state index contributed by atoms with van der Waals surface area (Å²) in [7, 11) is 0. The normalized spacial score (nSPS) is 26.6. The van der Waals surface area contributed by atoms with E-state index in [2.05, 4.69) is 19.0 Å². The molecule has 3 N–H and O–H groups in total. The highest BCUT2D eigenvalue weighted by Gasteiger charge is 2.55. The summed E-state index contributed by atoms with van der Waals surface area (Å²) < 4.78 is 0. The molecule has 2 fully saturated rings. The zero-order valence-electron chi connectivity index (χ0n) is 11.3. The van der Waals surface area contributed by atoms with Gasteiger partial charge in [0.05, 0.1) is 0 Å². The minimum absolute atomic E-state index is 0.0514. The molecule has 0 aromatic heterocycles. The Hall–Kier alpha value is -1.26. The average molecular weight is 253 g/mol. The SMILES string of the molecule is CC1(C)CCCN(C(=O)C2(C(N)=NO)CC2)CC1. The van der Waals surface area contributed by atoms with Crippen molar-refractivity contribution in [1.82, 2.24) is 4.90 Å². The molecular formula is C13H23N3O2. The Morgan fingerprint density at radius 2 is 1.89 bits per heavy atom. The Bertz CT molecular complexity index is 372. The lowest BCUT2D eigenvalue weighted by atomic mass is 9.85. The molecule has 1 amide bonds. The van der Waals surface area contributed by atoms with Gasteiger partial charge in [-0.25, -0.2) is 0 Å². The summed E-state index contributed by atoms with van der Waals surface area (Å²) >= 11 is 0. The third-order valence-corrected chi connectivity index (χ3v) is 4.38. The van der Waals surface area contributed by atoms with Gasteiger partial charge in [-0.2, -0.15) is 0 Å². The van der Waals surface area contributed by atoms with Crippen LogP contribution in [0.25, 0.3) is 0 Å². The molecule has 1 aliphatic carbocycles. The molecule has 1 saturated heterocycles. The third kappa shape index (κ3) is 2.31. The molecular weight excluding hydrogens is 230 g/mol. The first-order chi connectivity index (χ1) is 8.41. The van der Waals surface area contributed by atoms with Gasteiger partial charge in [0.25, 0.3) is 0 Å². The Morgan fingerprint density at radius 3 is 2.44 bits per heavy atom. The molecule has 2 aliphatic rings. The van der Waals surface area contributed by atoms with Gasteiger partial charge in [0.2, 0.25) is 5.91 Å². The maximum Gasteiger partial charge on any atom is 0.236 e. The minimum Gasteiger partial charge on any atom is -0.409 e. The second-order valence-corrected chi connectivity index (χ2v) is 6.38. The number of carbonyl (C=O) groups is 1. The lowest BCUT2D eigenvalue weighted by Gasteiger charge is -2.26. The number of nitrogens with zero attached hydrogens (tertiary/aromatic N) is 2. The number of carbonyl (C=O) groups excluding carboxylic acids is 1.